The van der Waals surface area contributed by atoms with E-state index in [-0.39, 0.29) is 22.9 Å². The first kappa shape index (κ1) is 12.2. The molecule has 0 saturated heterocycles. The van der Waals surface area contributed by atoms with Gasteiger partial charge < -0.3 is 5.11 Å². The Morgan fingerprint density at radius 2 is 2.00 bits per heavy atom. The van der Waals surface area contributed by atoms with Gasteiger partial charge in [-0.3, -0.25) is 14.6 Å². The van der Waals surface area contributed by atoms with Crippen LogP contribution in [0.5, 0.6) is 0 Å². The molecule has 2 rings (SSSR count). The predicted molar refractivity (Wildman–Crippen MR) is 67.1 cm³/mol. The summed E-state index contributed by atoms with van der Waals surface area (Å²) in [4.78, 5) is 27.5. The van der Waals surface area contributed by atoms with Crippen LogP contribution < -0.4 is 0 Å². The standard InChI is InChI=1S/C14H13NO3/c1-8(2)5-6-10-12(16)9-4-3-7-15-11(9)14(18)13(10)17/h3-8,16H,1-2H3/b6-5+. The number of carbonyl (C=O) groups is 2. The minimum absolute atomic E-state index is 0.0155. The number of fused-ring (bicyclic) bond motifs is 1. The van der Waals surface area contributed by atoms with Gasteiger partial charge in [-0.05, 0) is 18.1 Å². The second-order valence-electron chi connectivity index (χ2n) is 4.42. The average Bonchev–Trinajstić information content (AvgIpc) is 2.36. The van der Waals surface area contributed by atoms with Crippen molar-refractivity contribution in [2.45, 2.75) is 13.8 Å². The normalized spacial score (nSPS) is 15.7. The minimum atomic E-state index is -0.712. The first-order valence-electron chi connectivity index (χ1n) is 5.68. The van der Waals surface area contributed by atoms with Crippen molar-refractivity contribution < 1.29 is 14.7 Å². The molecule has 0 atom stereocenters. The molecule has 0 bridgehead atoms. The van der Waals surface area contributed by atoms with Gasteiger partial charge in [-0.1, -0.05) is 26.0 Å². The summed E-state index contributed by atoms with van der Waals surface area (Å²) in [6.07, 6.45) is 4.68. The van der Waals surface area contributed by atoms with Crippen molar-refractivity contribution in [2.75, 3.05) is 0 Å². The van der Waals surface area contributed by atoms with Crippen molar-refractivity contribution in [3.8, 4) is 0 Å². The van der Waals surface area contributed by atoms with Gasteiger partial charge >= 0.3 is 0 Å². The Morgan fingerprint density at radius 3 is 2.67 bits per heavy atom. The maximum Gasteiger partial charge on any atom is 0.252 e. The molecule has 1 aliphatic carbocycles. The molecule has 0 amide bonds. The van der Waals surface area contributed by atoms with Crippen LogP contribution in [-0.2, 0) is 4.79 Å². The Bertz CT molecular complexity index is 582. The molecule has 1 aliphatic rings. The summed E-state index contributed by atoms with van der Waals surface area (Å²) >= 11 is 0. The van der Waals surface area contributed by atoms with Gasteiger partial charge in [-0.2, -0.15) is 0 Å². The summed E-state index contributed by atoms with van der Waals surface area (Å²) in [5.74, 6) is -1.34. The summed E-state index contributed by atoms with van der Waals surface area (Å²) in [6.45, 7) is 3.89. The van der Waals surface area contributed by atoms with E-state index in [0.29, 0.717) is 5.56 Å². The van der Waals surface area contributed by atoms with Gasteiger partial charge in [0.1, 0.15) is 11.5 Å². The van der Waals surface area contributed by atoms with E-state index in [4.69, 9.17) is 0 Å². The van der Waals surface area contributed by atoms with Crippen molar-refractivity contribution in [2.24, 2.45) is 5.92 Å². The number of aliphatic hydroxyl groups is 1. The molecule has 0 aromatic carbocycles. The van der Waals surface area contributed by atoms with Crippen LogP contribution >= 0.6 is 0 Å². The van der Waals surface area contributed by atoms with Gasteiger partial charge in [0.25, 0.3) is 5.78 Å². The molecule has 0 saturated carbocycles. The van der Waals surface area contributed by atoms with Crippen LogP contribution in [0.1, 0.15) is 29.9 Å². The summed E-state index contributed by atoms with van der Waals surface area (Å²) in [6, 6.07) is 3.19. The van der Waals surface area contributed by atoms with Crippen LogP contribution in [0.15, 0.2) is 36.1 Å². The van der Waals surface area contributed by atoms with E-state index < -0.39 is 11.6 Å². The average molecular weight is 243 g/mol. The Kier molecular flexibility index (Phi) is 3.10. The number of pyridine rings is 1. The molecular formula is C14H13NO3. The third-order valence-electron chi connectivity index (χ3n) is 2.63. The number of hydrogen-bond acceptors (Lipinski definition) is 4. The van der Waals surface area contributed by atoms with Gasteiger partial charge in [0.05, 0.1) is 5.57 Å². The first-order valence-corrected chi connectivity index (χ1v) is 5.68. The molecule has 1 heterocycles. The fourth-order valence-electron chi connectivity index (χ4n) is 1.70. The zero-order chi connectivity index (χ0) is 13.3. The van der Waals surface area contributed by atoms with E-state index in [1.54, 1.807) is 18.2 Å². The molecule has 18 heavy (non-hydrogen) atoms. The van der Waals surface area contributed by atoms with Gasteiger partial charge in [0, 0.05) is 11.8 Å². The lowest BCUT2D eigenvalue weighted by Crippen LogP contribution is -2.24. The lowest BCUT2D eigenvalue weighted by molar-refractivity contribution is -0.111. The summed E-state index contributed by atoms with van der Waals surface area (Å²) < 4.78 is 0. The third kappa shape index (κ3) is 1.97. The SMILES string of the molecule is CC(C)/C=C/C1=C(O)c2cccnc2C(=O)C1=O. The minimum Gasteiger partial charge on any atom is -0.506 e. The smallest absolute Gasteiger partial charge is 0.252 e. The Balaban J connectivity index is 2.59. The van der Waals surface area contributed by atoms with Crippen molar-refractivity contribution in [3.05, 3.63) is 47.3 Å². The highest BCUT2D eigenvalue weighted by Crippen LogP contribution is 2.27. The molecule has 0 aliphatic heterocycles. The molecule has 0 radical (unpaired) electrons. The Labute approximate surface area is 105 Å². The van der Waals surface area contributed by atoms with E-state index in [1.165, 1.54) is 12.3 Å². The zero-order valence-electron chi connectivity index (χ0n) is 10.2. The monoisotopic (exact) mass is 243 g/mol. The molecule has 1 N–H and O–H groups in total. The van der Waals surface area contributed by atoms with Crippen molar-refractivity contribution >= 4 is 17.3 Å². The number of nitrogens with zero attached hydrogens (tertiary/aromatic N) is 1. The molecule has 92 valence electrons. The van der Waals surface area contributed by atoms with Crippen molar-refractivity contribution in [1.82, 2.24) is 4.98 Å². The molecular weight excluding hydrogens is 230 g/mol. The van der Waals surface area contributed by atoms with Crippen molar-refractivity contribution in [3.63, 3.8) is 0 Å². The summed E-state index contributed by atoms with van der Waals surface area (Å²) in [7, 11) is 0. The number of carbonyl (C=O) groups excluding carboxylic acids is 2. The molecule has 0 unspecified atom stereocenters. The van der Waals surface area contributed by atoms with Crippen LogP contribution in [0.3, 0.4) is 0 Å². The topological polar surface area (TPSA) is 67.3 Å². The lowest BCUT2D eigenvalue weighted by Gasteiger charge is -2.14. The maximum atomic E-state index is 11.9. The molecule has 0 spiro atoms. The van der Waals surface area contributed by atoms with Gasteiger partial charge in [-0.15, -0.1) is 0 Å². The van der Waals surface area contributed by atoms with Crippen LogP contribution in [0, 0.1) is 5.92 Å². The number of allylic oxidation sites excluding steroid dienone is 3. The fourth-order valence-corrected chi connectivity index (χ4v) is 1.70. The van der Waals surface area contributed by atoms with E-state index in [2.05, 4.69) is 4.98 Å². The number of rotatable bonds is 2. The maximum absolute atomic E-state index is 11.9. The fraction of sp³-hybridized carbons (Fsp3) is 0.214. The molecule has 1 aromatic heterocycles. The number of ketones is 2. The van der Waals surface area contributed by atoms with Crippen LogP contribution in [0.25, 0.3) is 5.76 Å². The van der Waals surface area contributed by atoms with E-state index >= 15 is 0 Å². The zero-order valence-corrected chi connectivity index (χ0v) is 10.2. The second kappa shape index (κ2) is 4.56. The third-order valence-corrected chi connectivity index (χ3v) is 2.63. The Hall–Kier alpha value is -2.23. The highest BCUT2D eigenvalue weighted by molar-refractivity contribution is 6.52. The number of hydrogen-bond donors (Lipinski definition) is 1. The highest BCUT2D eigenvalue weighted by atomic mass is 16.3. The van der Waals surface area contributed by atoms with Crippen LogP contribution in [0.4, 0.5) is 0 Å². The quantitative estimate of drug-likeness (QED) is 0.809. The van der Waals surface area contributed by atoms with E-state index in [1.807, 2.05) is 13.8 Å². The number of aliphatic hydroxyl groups excluding tert-OH is 1. The summed E-state index contributed by atoms with van der Waals surface area (Å²) in [5.41, 5.74) is 0.362. The van der Waals surface area contributed by atoms with E-state index in [0.717, 1.165) is 0 Å². The first-order chi connectivity index (χ1) is 8.52. The lowest BCUT2D eigenvalue weighted by atomic mass is 9.91. The van der Waals surface area contributed by atoms with Gasteiger partial charge in [0.2, 0.25) is 5.78 Å². The summed E-state index contributed by atoms with van der Waals surface area (Å²) in [5, 5.41) is 10.0. The Morgan fingerprint density at radius 1 is 1.28 bits per heavy atom. The molecule has 0 fully saturated rings. The molecule has 1 aromatic rings. The van der Waals surface area contributed by atoms with Gasteiger partial charge in [0.15, 0.2) is 0 Å². The number of aromatic nitrogens is 1. The highest BCUT2D eigenvalue weighted by Gasteiger charge is 2.32. The van der Waals surface area contributed by atoms with E-state index in [9.17, 15) is 14.7 Å². The van der Waals surface area contributed by atoms with Gasteiger partial charge in [-0.25, -0.2) is 0 Å². The van der Waals surface area contributed by atoms with Crippen LogP contribution in [0.2, 0.25) is 0 Å². The van der Waals surface area contributed by atoms with Crippen LogP contribution in [-0.4, -0.2) is 21.7 Å². The second-order valence-corrected chi connectivity index (χ2v) is 4.42. The number of Topliss-reactive ketones (excluding diaryl/α,β-unsaturated/α-hetero) is 2. The van der Waals surface area contributed by atoms with Crippen molar-refractivity contribution in [1.29, 1.82) is 0 Å². The largest absolute Gasteiger partial charge is 0.506 e. The molecule has 4 heteroatoms. The predicted octanol–water partition coefficient (Wildman–Crippen LogP) is 2.33. The molecule has 4 nitrogen and oxygen atoms in total.